The van der Waals surface area contributed by atoms with Crippen molar-refractivity contribution in [3.05, 3.63) is 74.1 Å². The quantitative estimate of drug-likeness (QED) is 0.342. The number of aromatic nitrogens is 1. The van der Waals surface area contributed by atoms with Crippen molar-refractivity contribution < 1.29 is 9.59 Å². The van der Waals surface area contributed by atoms with Crippen molar-refractivity contribution in [2.75, 3.05) is 0 Å². The zero-order chi connectivity index (χ0) is 21.0. The number of benzene rings is 2. The molecule has 0 aliphatic rings. The highest BCUT2D eigenvalue weighted by atomic mass is 35.5. The highest BCUT2D eigenvalue weighted by molar-refractivity contribution is 7.06. The molecule has 6 nitrogen and oxygen atoms in total. The largest absolute Gasteiger partial charge is 0.370 e. The van der Waals surface area contributed by atoms with E-state index in [1.54, 1.807) is 49.4 Å². The fourth-order valence-electron chi connectivity index (χ4n) is 2.65. The van der Waals surface area contributed by atoms with E-state index in [2.05, 4.69) is 14.7 Å². The monoisotopic (exact) mass is 446 g/mol. The Labute approximate surface area is 181 Å². The van der Waals surface area contributed by atoms with Gasteiger partial charge in [0.2, 0.25) is 0 Å². The smallest absolute Gasteiger partial charge is 0.261 e. The van der Waals surface area contributed by atoms with Crippen LogP contribution in [0.4, 0.5) is 0 Å². The van der Waals surface area contributed by atoms with Crippen molar-refractivity contribution in [1.82, 2.24) is 9.69 Å². The number of rotatable bonds is 5. The number of nitrogens with one attached hydrogen (secondary N) is 1. The molecule has 0 saturated heterocycles. The minimum Gasteiger partial charge on any atom is -0.370 e. The Hall–Kier alpha value is -2.74. The van der Waals surface area contributed by atoms with Crippen LogP contribution in [0, 0.1) is 6.92 Å². The van der Waals surface area contributed by atoms with Crippen LogP contribution in [-0.4, -0.2) is 22.5 Å². The second-order valence-electron chi connectivity index (χ2n) is 6.14. The van der Waals surface area contributed by atoms with Crippen LogP contribution in [-0.2, 0) is 6.54 Å². The summed E-state index contributed by atoms with van der Waals surface area (Å²) in [4.78, 5) is 28.5. The van der Waals surface area contributed by atoms with E-state index in [0.717, 1.165) is 22.3 Å². The first-order valence-corrected chi connectivity index (χ1v) is 9.98. The van der Waals surface area contributed by atoms with E-state index in [4.69, 9.17) is 28.9 Å². The lowest BCUT2D eigenvalue weighted by atomic mass is 10.0. The first-order valence-electron chi connectivity index (χ1n) is 8.45. The summed E-state index contributed by atoms with van der Waals surface area (Å²) in [6.45, 7) is 2.02. The molecule has 3 rings (SSSR count). The van der Waals surface area contributed by atoms with Gasteiger partial charge in [-0.15, -0.1) is 0 Å². The number of carbonyl (C=O) groups excluding carboxylic acids is 2. The molecule has 2 aromatic carbocycles. The number of nitrogens with two attached hydrogens (primary N) is 1. The molecule has 1 heterocycles. The molecule has 148 valence electrons. The topological polar surface area (TPSA) is 97.4 Å². The number of aldehydes is 1. The minimum absolute atomic E-state index is 0.0287. The third kappa shape index (κ3) is 5.20. The third-order valence-corrected chi connectivity index (χ3v) is 5.19. The summed E-state index contributed by atoms with van der Waals surface area (Å²) >= 11 is 13.2. The molecule has 0 bridgehead atoms. The van der Waals surface area contributed by atoms with Gasteiger partial charge in [0, 0.05) is 26.0 Å². The van der Waals surface area contributed by atoms with E-state index in [1.807, 2.05) is 0 Å². The number of hydrogen-bond donors (Lipinski definition) is 2. The zero-order valence-corrected chi connectivity index (χ0v) is 17.6. The van der Waals surface area contributed by atoms with Crippen molar-refractivity contribution in [3.8, 4) is 11.3 Å². The van der Waals surface area contributed by atoms with Gasteiger partial charge >= 0.3 is 0 Å². The van der Waals surface area contributed by atoms with Gasteiger partial charge in [0.15, 0.2) is 5.96 Å². The van der Waals surface area contributed by atoms with Crippen molar-refractivity contribution >= 4 is 52.9 Å². The Kier molecular flexibility index (Phi) is 6.64. The average molecular weight is 447 g/mol. The van der Waals surface area contributed by atoms with E-state index in [0.29, 0.717) is 26.9 Å². The Morgan fingerprint density at radius 1 is 1.21 bits per heavy atom. The van der Waals surface area contributed by atoms with Crippen molar-refractivity contribution in [1.29, 1.82) is 0 Å². The van der Waals surface area contributed by atoms with Gasteiger partial charge in [0.05, 0.1) is 17.8 Å². The molecular weight excluding hydrogens is 431 g/mol. The van der Waals surface area contributed by atoms with Crippen LogP contribution in [0.5, 0.6) is 0 Å². The van der Waals surface area contributed by atoms with Gasteiger partial charge in [0.1, 0.15) is 6.29 Å². The highest BCUT2D eigenvalue weighted by Gasteiger charge is 2.20. The molecule has 9 heteroatoms. The SMILES string of the molecule is Cc1snc(-c2ccc(C=O)cc2)c1C(=O)NC(N)=NCc1cc(Cl)cc(Cl)c1. The molecule has 3 aromatic rings. The molecular formula is C20H16Cl2N4O2S. The fraction of sp³-hybridized carbons (Fsp3) is 0.100. The van der Waals surface area contributed by atoms with E-state index < -0.39 is 5.91 Å². The lowest BCUT2D eigenvalue weighted by Gasteiger charge is -2.07. The summed E-state index contributed by atoms with van der Waals surface area (Å²) in [5.41, 5.74) is 8.86. The summed E-state index contributed by atoms with van der Waals surface area (Å²) in [5.74, 6) is -0.435. The average Bonchev–Trinajstić information content (AvgIpc) is 3.07. The van der Waals surface area contributed by atoms with Crippen LogP contribution in [0.1, 0.15) is 31.2 Å². The maximum absolute atomic E-state index is 12.8. The molecule has 0 fully saturated rings. The fourth-order valence-corrected chi connectivity index (χ4v) is 3.93. The number of amides is 1. The second-order valence-corrected chi connectivity index (χ2v) is 7.99. The van der Waals surface area contributed by atoms with Gasteiger partial charge < -0.3 is 5.73 Å². The molecule has 0 unspecified atom stereocenters. The van der Waals surface area contributed by atoms with Gasteiger partial charge in [-0.1, -0.05) is 47.5 Å². The van der Waals surface area contributed by atoms with E-state index in [1.165, 1.54) is 11.5 Å². The van der Waals surface area contributed by atoms with Crippen molar-refractivity contribution in [2.45, 2.75) is 13.5 Å². The summed E-state index contributed by atoms with van der Waals surface area (Å²) in [6, 6.07) is 11.9. The highest BCUT2D eigenvalue weighted by Crippen LogP contribution is 2.28. The van der Waals surface area contributed by atoms with E-state index in [-0.39, 0.29) is 12.5 Å². The second kappa shape index (κ2) is 9.17. The van der Waals surface area contributed by atoms with Crippen LogP contribution in [0.3, 0.4) is 0 Å². The molecule has 0 atom stereocenters. The van der Waals surface area contributed by atoms with Crippen LogP contribution >= 0.6 is 34.7 Å². The molecule has 0 aliphatic carbocycles. The lowest BCUT2D eigenvalue weighted by molar-refractivity contribution is 0.0976. The Balaban J connectivity index is 1.78. The summed E-state index contributed by atoms with van der Waals surface area (Å²) in [6.07, 6.45) is 0.758. The summed E-state index contributed by atoms with van der Waals surface area (Å²) < 4.78 is 4.37. The Morgan fingerprint density at radius 2 is 1.86 bits per heavy atom. The van der Waals surface area contributed by atoms with Crippen molar-refractivity contribution in [3.63, 3.8) is 0 Å². The zero-order valence-electron chi connectivity index (χ0n) is 15.3. The first kappa shape index (κ1) is 21.0. The van der Waals surface area contributed by atoms with Gasteiger partial charge in [-0.3, -0.25) is 14.9 Å². The number of halogens is 2. The standard InChI is InChI=1S/C20H16Cl2N4O2S/c1-11-17(18(26-29-11)14-4-2-12(10-27)3-5-14)19(28)25-20(23)24-9-13-6-15(21)8-16(22)7-13/h2-8,10H,9H2,1H3,(H3,23,24,25,28). The first-order chi connectivity index (χ1) is 13.9. The lowest BCUT2D eigenvalue weighted by Crippen LogP contribution is -2.37. The number of guanidine groups is 1. The van der Waals surface area contributed by atoms with Crippen LogP contribution in [0.15, 0.2) is 47.5 Å². The predicted molar refractivity (Wildman–Crippen MR) is 117 cm³/mol. The van der Waals surface area contributed by atoms with Crippen LogP contribution < -0.4 is 11.1 Å². The molecule has 3 N–H and O–H groups in total. The van der Waals surface area contributed by atoms with E-state index in [9.17, 15) is 9.59 Å². The molecule has 29 heavy (non-hydrogen) atoms. The van der Waals surface area contributed by atoms with Gasteiger partial charge in [-0.05, 0) is 42.2 Å². The van der Waals surface area contributed by atoms with Gasteiger partial charge in [-0.2, -0.15) is 4.37 Å². The third-order valence-electron chi connectivity index (χ3n) is 4.01. The molecule has 0 saturated carbocycles. The van der Waals surface area contributed by atoms with Crippen LogP contribution in [0.2, 0.25) is 10.0 Å². The number of aliphatic imine (C=N–C) groups is 1. The maximum Gasteiger partial charge on any atom is 0.261 e. The molecule has 0 spiro atoms. The predicted octanol–water partition coefficient (Wildman–Crippen LogP) is 4.48. The van der Waals surface area contributed by atoms with Gasteiger partial charge in [-0.25, -0.2) is 4.99 Å². The van der Waals surface area contributed by atoms with Crippen LogP contribution in [0.25, 0.3) is 11.3 Å². The van der Waals surface area contributed by atoms with Gasteiger partial charge in [0.25, 0.3) is 5.91 Å². The molecule has 0 aliphatic heterocycles. The maximum atomic E-state index is 12.8. The molecule has 1 aromatic heterocycles. The number of nitrogens with zero attached hydrogens (tertiary/aromatic N) is 2. The Morgan fingerprint density at radius 3 is 2.48 bits per heavy atom. The summed E-state index contributed by atoms with van der Waals surface area (Å²) in [5, 5.41) is 3.58. The number of hydrogen-bond acceptors (Lipinski definition) is 5. The normalized spacial score (nSPS) is 11.3. The Bertz CT molecular complexity index is 1070. The number of aryl methyl sites for hydroxylation is 1. The number of carbonyl (C=O) groups is 2. The summed E-state index contributed by atoms with van der Waals surface area (Å²) in [7, 11) is 0. The molecule has 1 amide bonds. The van der Waals surface area contributed by atoms with E-state index >= 15 is 0 Å². The van der Waals surface area contributed by atoms with Crippen molar-refractivity contribution in [2.24, 2.45) is 10.7 Å². The molecule has 0 radical (unpaired) electrons. The minimum atomic E-state index is -0.406.